The molecule has 7 saturated heterocycles. The van der Waals surface area contributed by atoms with Crippen molar-refractivity contribution < 1.29 is 173 Å². The normalized spacial score (nSPS) is 55.0. The number of ether oxygens (including phenoxy) is 14. The molecule has 35 nitrogen and oxygen atoms in total. The molecule has 0 aromatic carbocycles. The second-order valence-corrected chi connectivity index (χ2v) is 33.8. The van der Waals surface area contributed by atoms with Crippen molar-refractivity contribution in [3.8, 4) is 0 Å². The minimum Gasteiger partial charge on any atom is -0.432 e. The fraction of sp³-hybridized carbons (Fsp3) is 0.957. The zero-order valence-electron chi connectivity index (χ0n) is 60.5. The fourth-order valence-corrected chi connectivity index (χ4v) is 20.2. The first kappa shape index (κ1) is 82.4. The van der Waals surface area contributed by atoms with Gasteiger partial charge in [-0.05, 0) is 116 Å². The summed E-state index contributed by atoms with van der Waals surface area (Å²) in [5.41, 5.74) is -2.75. The molecule has 11 fully saturated rings. The smallest absolute Gasteiger partial charge is 0.315 e. The number of allylic oxidation sites excluding steroid dienone is 2. The summed E-state index contributed by atoms with van der Waals surface area (Å²) in [6.07, 6.45) is -49.6. The summed E-state index contributed by atoms with van der Waals surface area (Å²) in [4.78, 5) is 15.4. The molecule has 12 rings (SSSR count). The maximum atomic E-state index is 15.4. The van der Waals surface area contributed by atoms with Crippen LogP contribution in [-0.2, 0) is 71.1 Å². The summed E-state index contributed by atoms with van der Waals surface area (Å²) in [5, 5.41) is 219. The number of aliphatic hydroxyl groups is 20. The highest BCUT2D eigenvalue weighted by atomic mass is 16.8. The quantitative estimate of drug-likeness (QED) is 0.0366. The van der Waals surface area contributed by atoms with Gasteiger partial charge in [-0.3, -0.25) is 4.79 Å². The average molecular weight is 1520 g/mol. The number of fused-ring (bicyclic) bond motifs is 7. The molecule has 35 heteroatoms. The SMILES string of the molecule is CC1OC(OC2C(CO)OC(OCC3OC(OC(=O)C45CCC6(C)C(=CCC7C8(C)CCC(OC9OCC(O)C(O)C9OC9OC(C)C(O)C(OC%10OCC(OC%11OC(CO)C(O)C(O)C%11O)C(O)C%10O)C9O)C(C)(C)C8CCC76C)C4CC(C)(C)C(O)C5)C(O)C(O)C3O)C(O)C2O)C(O)C(O)C1O. The molecule has 0 amide bonds. The molecule has 4 saturated carbocycles. The predicted molar refractivity (Wildman–Crippen MR) is 347 cm³/mol. The number of rotatable bonds is 17. The van der Waals surface area contributed by atoms with Crippen molar-refractivity contribution in [3.05, 3.63) is 11.6 Å². The van der Waals surface area contributed by atoms with Gasteiger partial charge in [-0.15, -0.1) is 0 Å². The second-order valence-electron chi connectivity index (χ2n) is 33.8. The third-order valence-electron chi connectivity index (χ3n) is 27.1. The van der Waals surface area contributed by atoms with Gasteiger partial charge < -0.3 is 168 Å². The lowest BCUT2D eigenvalue weighted by Gasteiger charge is -2.71. The van der Waals surface area contributed by atoms with Crippen molar-refractivity contribution in [2.24, 2.45) is 50.2 Å². The third kappa shape index (κ3) is 14.4. The van der Waals surface area contributed by atoms with Crippen molar-refractivity contribution in [2.75, 3.05) is 33.0 Å². The topological polar surface area (TPSA) is 551 Å². The van der Waals surface area contributed by atoms with Crippen LogP contribution in [0.5, 0.6) is 0 Å². The summed E-state index contributed by atoms with van der Waals surface area (Å²) in [6.45, 7) is 14.8. The molecule has 5 aliphatic carbocycles. The first-order valence-electron chi connectivity index (χ1n) is 37.0. The molecule has 42 unspecified atom stereocenters. The Balaban J connectivity index is 0.703. The number of carbonyl (C=O) groups is 1. The summed E-state index contributed by atoms with van der Waals surface area (Å²) >= 11 is 0. The Labute approximate surface area is 607 Å². The molecule has 604 valence electrons. The standard InChI is InChI=1S/C70H114O35/c1-25-38(75)44(81)49(86)59(95-25)102-54-31(21-72)98-57(52(89)47(54)84)93-23-32-42(79)46(83)51(88)61(100-32)105-64(91)70-17-16-68(8)27(28(70)18-65(3,4)36(74)19-70)10-11-35-67(7)14-13-37(66(5,6)34(67)12-15-69(35,68)9)101-63-56(40(77)29(73)22-92-63)104-62-53(90)55(39(76)26(2)96-62)103-58-48(85)43(80)33(24-94-58)99-60-50(87)45(82)41(78)30(20-71)97-60/h10,25-26,28-63,71-90H,11-24H2,1-9H3. The van der Waals surface area contributed by atoms with Crippen molar-refractivity contribution in [1.29, 1.82) is 0 Å². The van der Waals surface area contributed by atoms with Gasteiger partial charge >= 0.3 is 5.97 Å². The molecule has 0 aromatic heterocycles. The maximum Gasteiger partial charge on any atom is 0.315 e. The van der Waals surface area contributed by atoms with E-state index in [4.69, 9.17) is 66.3 Å². The Morgan fingerprint density at radius 2 is 1.02 bits per heavy atom. The van der Waals surface area contributed by atoms with Gasteiger partial charge in [0.25, 0.3) is 0 Å². The van der Waals surface area contributed by atoms with Gasteiger partial charge in [-0.25, -0.2) is 0 Å². The van der Waals surface area contributed by atoms with E-state index < -0.39 is 275 Å². The lowest BCUT2D eigenvalue weighted by molar-refractivity contribution is -0.382. The zero-order valence-corrected chi connectivity index (χ0v) is 60.5. The number of hydrogen-bond donors (Lipinski definition) is 20. The van der Waals surface area contributed by atoms with Gasteiger partial charge in [0, 0.05) is 0 Å². The fourth-order valence-electron chi connectivity index (χ4n) is 20.2. The van der Waals surface area contributed by atoms with Crippen LogP contribution in [0.25, 0.3) is 0 Å². The second kappa shape index (κ2) is 31.0. The maximum absolute atomic E-state index is 15.4. The van der Waals surface area contributed by atoms with E-state index in [-0.39, 0.29) is 42.1 Å². The van der Waals surface area contributed by atoms with Gasteiger partial charge in [-0.2, -0.15) is 0 Å². The van der Waals surface area contributed by atoms with E-state index >= 15 is 4.79 Å². The molecule has 12 aliphatic rings. The molecular weight excluding hydrogens is 1400 g/mol. The van der Waals surface area contributed by atoms with Crippen LogP contribution < -0.4 is 0 Å². The van der Waals surface area contributed by atoms with Crippen LogP contribution in [0.15, 0.2) is 11.6 Å². The van der Waals surface area contributed by atoms with Crippen LogP contribution in [0.2, 0.25) is 0 Å². The van der Waals surface area contributed by atoms with Crippen LogP contribution in [0.3, 0.4) is 0 Å². The summed E-state index contributed by atoms with van der Waals surface area (Å²) in [6, 6.07) is 0. The molecule has 7 heterocycles. The van der Waals surface area contributed by atoms with Crippen LogP contribution in [0.1, 0.15) is 120 Å². The number of carbonyl (C=O) groups excluding carboxylic acids is 1. The highest BCUT2D eigenvalue weighted by Gasteiger charge is 2.71. The van der Waals surface area contributed by atoms with Gasteiger partial charge in [0.15, 0.2) is 37.7 Å². The molecule has 0 aromatic rings. The number of esters is 1. The number of aliphatic hydroxyl groups excluding tert-OH is 20. The molecule has 0 radical (unpaired) electrons. The first-order chi connectivity index (χ1) is 49.2. The highest BCUT2D eigenvalue weighted by Crippen LogP contribution is 2.76. The van der Waals surface area contributed by atoms with Gasteiger partial charge in [0.2, 0.25) is 6.29 Å². The van der Waals surface area contributed by atoms with Crippen LogP contribution in [0, 0.1) is 50.2 Å². The van der Waals surface area contributed by atoms with Gasteiger partial charge in [0.1, 0.15) is 146 Å². The van der Waals surface area contributed by atoms with E-state index in [1.807, 2.05) is 13.8 Å². The van der Waals surface area contributed by atoms with Crippen molar-refractivity contribution in [3.63, 3.8) is 0 Å². The summed E-state index contributed by atoms with van der Waals surface area (Å²) < 4.78 is 83.0. The molecule has 7 aliphatic heterocycles. The molecule has 0 bridgehead atoms. The molecular formula is C70H114O35. The summed E-state index contributed by atoms with van der Waals surface area (Å²) in [5.74, 6) is -1.15. The molecule has 42 atom stereocenters. The van der Waals surface area contributed by atoms with Crippen molar-refractivity contribution in [2.45, 2.75) is 335 Å². The summed E-state index contributed by atoms with van der Waals surface area (Å²) in [7, 11) is 0. The van der Waals surface area contributed by atoms with Gasteiger partial charge in [-0.1, -0.05) is 60.1 Å². The lowest BCUT2D eigenvalue weighted by Crippen LogP contribution is -2.67. The van der Waals surface area contributed by atoms with Crippen molar-refractivity contribution >= 4 is 5.97 Å². The van der Waals surface area contributed by atoms with Crippen LogP contribution in [0.4, 0.5) is 0 Å². The van der Waals surface area contributed by atoms with E-state index in [0.29, 0.717) is 32.1 Å². The Hall–Kier alpha value is -2.11. The van der Waals surface area contributed by atoms with E-state index in [2.05, 4.69) is 40.7 Å². The van der Waals surface area contributed by atoms with E-state index in [0.717, 1.165) is 18.4 Å². The largest absolute Gasteiger partial charge is 0.432 e. The average Bonchev–Trinajstić information content (AvgIpc) is 0.673. The van der Waals surface area contributed by atoms with E-state index in [9.17, 15) is 102 Å². The first-order valence-corrected chi connectivity index (χ1v) is 37.0. The lowest BCUT2D eigenvalue weighted by atomic mass is 9.33. The Bertz CT molecular complexity index is 2990. The molecule has 0 spiro atoms. The zero-order chi connectivity index (χ0) is 76.6. The molecule has 105 heavy (non-hydrogen) atoms. The number of hydrogen-bond acceptors (Lipinski definition) is 35. The Morgan fingerprint density at radius 3 is 1.69 bits per heavy atom. The van der Waals surface area contributed by atoms with Crippen LogP contribution in [-0.4, -0.2) is 356 Å². The monoisotopic (exact) mass is 1510 g/mol. The minimum atomic E-state index is -1.99. The van der Waals surface area contributed by atoms with Crippen LogP contribution >= 0.6 is 0 Å². The van der Waals surface area contributed by atoms with E-state index in [1.54, 1.807) is 0 Å². The molecule has 20 N–H and O–H groups in total. The van der Waals surface area contributed by atoms with Gasteiger partial charge in [0.05, 0.1) is 62.9 Å². The third-order valence-corrected chi connectivity index (χ3v) is 27.1. The Kier molecular flexibility index (Phi) is 24.3. The van der Waals surface area contributed by atoms with E-state index in [1.165, 1.54) is 13.8 Å². The minimum absolute atomic E-state index is 0.0127. The Morgan fingerprint density at radius 1 is 0.467 bits per heavy atom. The highest BCUT2D eigenvalue weighted by molar-refractivity contribution is 5.79. The predicted octanol–water partition coefficient (Wildman–Crippen LogP) is -6.26. The van der Waals surface area contributed by atoms with Crippen molar-refractivity contribution in [1.82, 2.24) is 0 Å².